The fourth-order valence-corrected chi connectivity index (χ4v) is 7.67. The minimum Gasteiger partial charge on any atom is -0.435 e. The van der Waals surface area contributed by atoms with Crippen LogP contribution in [0.3, 0.4) is 0 Å². The smallest absolute Gasteiger partial charge is 0.227 e. The van der Waals surface area contributed by atoms with Gasteiger partial charge in [0, 0.05) is 33.1 Å². The largest absolute Gasteiger partial charge is 0.435 e. The third kappa shape index (κ3) is 4.85. The lowest BCUT2D eigenvalue weighted by molar-refractivity contribution is 0.623. The van der Waals surface area contributed by atoms with Gasteiger partial charge in [0.25, 0.3) is 0 Å². The fraction of sp³-hybridized carbons (Fsp3) is 0.0638. The first kappa shape index (κ1) is 30.1. The standard InChI is InChI=1S/C47H32N4O/c1-47(2)37-25-23-35(28-36(37)41-38(47)26-22-30-24-27-39-42(40(30)41)52-46(48-39)34-16-10-5-11-17-34)29-18-20-33(21-19-29)45-50-43(31-12-6-3-7-13-31)49-44(51-45)32-14-8-4-9-15-32/h3-28H,1-2H3. The van der Waals surface area contributed by atoms with E-state index >= 15 is 0 Å². The van der Waals surface area contributed by atoms with Gasteiger partial charge in [0.15, 0.2) is 23.1 Å². The van der Waals surface area contributed by atoms with Crippen LogP contribution in [0.4, 0.5) is 0 Å². The third-order valence-electron chi connectivity index (χ3n) is 10.4. The van der Waals surface area contributed by atoms with Crippen LogP contribution in [0.25, 0.3) is 89.7 Å². The first-order chi connectivity index (χ1) is 25.5. The molecule has 0 unspecified atom stereocenters. The van der Waals surface area contributed by atoms with Crippen molar-refractivity contribution >= 4 is 21.9 Å². The molecule has 0 atom stereocenters. The van der Waals surface area contributed by atoms with Gasteiger partial charge in [-0.2, -0.15) is 0 Å². The maximum atomic E-state index is 6.59. The Morgan fingerprint density at radius 3 is 1.56 bits per heavy atom. The second kappa shape index (κ2) is 11.7. The van der Waals surface area contributed by atoms with Gasteiger partial charge in [-0.1, -0.05) is 147 Å². The molecule has 0 bridgehead atoms. The third-order valence-corrected chi connectivity index (χ3v) is 10.4. The summed E-state index contributed by atoms with van der Waals surface area (Å²) in [6.45, 7) is 4.63. The van der Waals surface area contributed by atoms with Crippen LogP contribution < -0.4 is 0 Å². The summed E-state index contributed by atoms with van der Waals surface area (Å²) >= 11 is 0. The molecule has 5 nitrogen and oxygen atoms in total. The van der Waals surface area contributed by atoms with E-state index < -0.39 is 0 Å². The zero-order valence-electron chi connectivity index (χ0n) is 28.7. The molecule has 0 fully saturated rings. The summed E-state index contributed by atoms with van der Waals surface area (Å²) in [4.78, 5) is 19.6. The molecule has 1 aliphatic rings. The Morgan fingerprint density at radius 1 is 0.442 bits per heavy atom. The van der Waals surface area contributed by atoms with Crippen LogP contribution in [0.5, 0.6) is 0 Å². The van der Waals surface area contributed by atoms with Gasteiger partial charge in [0.1, 0.15) is 5.52 Å². The lowest BCUT2D eigenvalue weighted by atomic mass is 9.82. The Morgan fingerprint density at radius 2 is 0.942 bits per heavy atom. The molecule has 0 saturated heterocycles. The molecule has 9 aromatic rings. The molecule has 5 heteroatoms. The quantitative estimate of drug-likeness (QED) is 0.183. The molecule has 1 aliphatic carbocycles. The van der Waals surface area contributed by atoms with Crippen molar-refractivity contribution in [2.75, 3.05) is 0 Å². The summed E-state index contributed by atoms with van der Waals surface area (Å²) in [5.74, 6) is 2.58. The van der Waals surface area contributed by atoms with E-state index in [0.717, 1.165) is 55.3 Å². The van der Waals surface area contributed by atoms with Crippen LogP contribution in [-0.4, -0.2) is 19.9 Å². The molecule has 246 valence electrons. The minimum atomic E-state index is -0.169. The molecule has 2 aromatic heterocycles. The molecular weight excluding hydrogens is 637 g/mol. The van der Waals surface area contributed by atoms with Gasteiger partial charge in [-0.05, 0) is 63.0 Å². The van der Waals surface area contributed by atoms with E-state index in [0.29, 0.717) is 23.4 Å². The van der Waals surface area contributed by atoms with Crippen LogP contribution in [0.15, 0.2) is 162 Å². The van der Waals surface area contributed by atoms with Gasteiger partial charge in [-0.15, -0.1) is 0 Å². The van der Waals surface area contributed by atoms with Crippen molar-refractivity contribution in [2.24, 2.45) is 0 Å². The second-order valence-electron chi connectivity index (χ2n) is 13.9. The van der Waals surface area contributed by atoms with Crippen molar-refractivity contribution in [3.8, 4) is 67.9 Å². The van der Waals surface area contributed by atoms with E-state index in [1.54, 1.807) is 0 Å². The van der Waals surface area contributed by atoms with Crippen molar-refractivity contribution in [3.63, 3.8) is 0 Å². The highest BCUT2D eigenvalue weighted by Gasteiger charge is 2.37. The molecule has 0 aliphatic heterocycles. The molecule has 7 aromatic carbocycles. The van der Waals surface area contributed by atoms with Crippen molar-refractivity contribution < 1.29 is 4.42 Å². The first-order valence-electron chi connectivity index (χ1n) is 17.6. The van der Waals surface area contributed by atoms with E-state index in [4.69, 9.17) is 24.4 Å². The lowest BCUT2D eigenvalue weighted by Crippen LogP contribution is -2.14. The number of oxazole rings is 1. The van der Waals surface area contributed by atoms with E-state index in [2.05, 4.69) is 80.6 Å². The van der Waals surface area contributed by atoms with E-state index in [-0.39, 0.29) is 5.41 Å². The van der Waals surface area contributed by atoms with E-state index in [1.807, 2.05) is 91.0 Å². The normalized spacial score (nSPS) is 13.0. The Balaban J connectivity index is 1.08. The highest BCUT2D eigenvalue weighted by atomic mass is 16.3. The summed E-state index contributed by atoms with van der Waals surface area (Å²) in [6, 6.07) is 54.4. The monoisotopic (exact) mass is 668 g/mol. The molecule has 0 amide bonds. The Bertz CT molecular complexity index is 2730. The van der Waals surface area contributed by atoms with Crippen LogP contribution >= 0.6 is 0 Å². The maximum Gasteiger partial charge on any atom is 0.227 e. The Kier molecular flexibility index (Phi) is 6.77. The van der Waals surface area contributed by atoms with Gasteiger partial charge in [0.2, 0.25) is 5.89 Å². The van der Waals surface area contributed by atoms with E-state index in [9.17, 15) is 0 Å². The lowest BCUT2D eigenvalue weighted by Gasteiger charge is -2.21. The number of hydrogen-bond donors (Lipinski definition) is 0. The zero-order valence-corrected chi connectivity index (χ0v) is 28.7. The number of hydrogen-bond acceptors (Lipinski definition) is 5. The summed E-state index contributed by atoms with van der Waals surface area (Å²) < 4.78 is 6.59. The van der Waals surface area contributed by atoms with E-state index in [1.165, 1.54) is 22.3 Å². The van der Waals surface area contributed by atoms with Crippen molar-refractivity contribution in [1.29, 1.82) is 0 Å². The maximum absolute atomic E-state index is 6.59. The van der Waals surface area contributed by atoms with Gasteiger partial charge in [-0.3, -0.25) is 0 Å². The van der Waals surface area contributed by atoms with Crippen LogP contribution in [-0.2, 0) is 5.41 Å². The van der Waals surface area contributed by atoms with Gasteiger partial charge < -0.3 is 4.42 Å². The summed E-state index contributed by atoms with van der Waals surface area (Å²) in [5, 5.41) is 2.25. The van der Waals surface area contributed by atoms with Crippen LogP contribution in [0, 0.1) is 0 Å². The molecule has 0 saturated carbocycles. The molecule has 10 rings (SSSR count). The molecule has 0 radical (unpaired) electrons. The number of rotatable bonds is 5. The van der Waals surface area contributed by atoms with Gasteiger partial charge >= 0.3 is 0 Å². The molecular formula is C47H32N4O. The summed E-state index contributed by atoms with van der Waals surface area (Å²) in [5.41, 5.74) is 12.7. The molecule has 0 spiro atoms. The van der Waals surface area contributed by atoms with Crippen LogP contribution in [0.1, 0.15) is 25.0 Å². The first-order valence-corrected chi connectivity index (χ1v) is 17.6. The van der Waals surface area contributed by atoms with Crippen molar-refractivity contribution in [2.45, 2.75) is 19.3 Å². The zero-order chi connectivity index (χ0) is 34.8. The molecule has 52 heavy (non-hydrogen) atoms. The molecule has 0 N–H and O–H groups in total. The number of aromatic nitrogens is 4. The fourth-order valence-electron chi connectivity index (χ4n) is 7.67. The summed E-state index contributed by atoms with van der Waals surface area (Å²) in [7, 11) is 0. The van der Waals surface area contributed by atoms with Crippen molar-refractivity contribution in [1.82, 2.24) is 19.9 Å². The van der Waals surface area contributed by atoms with Gasteiger partial charge in [-0.25, -0.2) is 19.9 Å². The number of nitrogens with zero attached hydrogens (tertiary/aromatic N) is 4. The summed E-state index contributed by atoms with van der Waals surface area (Å²) in [6.07, 6.45) is 0. The minimum absolute atomic E-state index is 0.169. The SMILES string of the molecule is CC1(C)c2ccc(-c3ccc(-c4nc(-c5ccccc5)nc(-c5ccccc5)n4)cc3)cc2-c2c1ccc1ccc3nc(-c4ccccc4)oc3c21. The average molecular weight is 669 g/mol. The highest BCUT2D eigenvalue weighted by molar-refractivity contribution is 6.14. The Labute approximate surface area is 301 Å². The highest BCUT2D eigenvalue weighted by Crippen LogP contribution is 2.53. The predicted octanol–water partition coefficient (Wildman–Crippen LogP) is 11.8. The molecule has 2 heterocycles. The number of benzene rings is 7. The second-order valence-corrected chi connectivity index (χ2v) is 13.9. The van der Waals surface area contributed by atoms with Gasteiger partial charge in [0.05, 0.1) is 0 Å². The van der Waals surface area contributed by atoms with Crippen molar-refractivity contribution in [3.05, 3.63) is 169 Å². The average Bonchev–Trinajstić information content (AvgIpc) is 3.75. The number of fused-ring (bicyclic) bond motifs is 7. The Hall–Kier alpha value is -6.72. The van der Waals surface area contributed by atoms with Crippen LogP contribution in [0.2, 0.25) is 0 Å². The topological polar surface area (TPSA) is 64.7 Å². The predicted molar refractivity (Wildman–Crippen MR) is 210 cm³/mol.